The van der Waals surface area contributed by atoms with Crippen LogP contribution in [0, 0.1) is 0 Å². The highest BCUT2D eigenvalue weighted by Crippen LogP contribution is 2.07. The smallest absolute Gasteiger partial charge is 0.173 e. The van der Waals surface area contributed by atoms with Crippen LogP contribution in [-0.4, -0.2) is 45.2 Å². The third kappa shape index (κ3) is 4.18. The van der Waals surface area contributed by atoms with Gasteiger partial charge in [-0.1, -0.05) is 0 Å². The van der Waals surface area contributed by atoms with Gasteiger partial charge in [0.15, 0.2) is 10.2 Å². The Hall–Kier alpha value is -1.14. The van der Waals surface area contributed by atoms with Gasteiger partial charge in [0, 0.05) is 37.6 Å². The molecule has 0 radical (unpaired) electrons. The maximum atomic E-state index is 5.32. The average molecular weight is 310 g/mol. The lowest BCUT2D eigenvalue weighted by atomic mass is 10.2. The van der Waals surface area contributed by atoms with E-state index < -0.39 is 0 Å². The highest BCUT2D eigenvalue weighted by molar-refractivity contribution is 7.80. The van der Waals surface area contributed by atoms with E-state index in [0.29, 0.717) is 12.1 Å². The molecule has 0 aromatic rings. The van der Waals surface area contributed by atoms with Gasteiger partial charge in [0.1, 0.15) is 0 Å². The predicted molar refractivity (Wildman–Crippen MR) is 91.3 cm³/mol. The van der Waals surface area contributed by atoms with Gasteiger partial charge in [-0.25, -0.2) is 0 Å². The van der Waals surface area contributed by atoms with E-state index in [2.05, 4.69) is 58.8 Å². The standard InChI is InChI=1S/C14H22N4S2/c1-11-5-9-17(13(19)15-11)7-3-4-8-18-10-6-12(2)16-14(18)20/h5-6,9-12H,3-4,7-8H2,1-2H3,(H,15,19)(H,16,20). The Morgan fingerprint density at radius 2 is 1.30 bits per heavy atom. The van der Waals surface area contributed by atoms with Crippen molar-refractivity contribution in [1.29, 1.82) is 0 Å². The Morgan fingerprint density at radius 1 is 0.900 bits per heavy atom. The first-order valence-electron chi connectivity index (χ1n) is 7.07. The first-order valence-corrected chi connectivity index (χ1v) is 7.89. The van der Waals surface area contributed by atoms with E-state index in [0.717, 1.165) is 36.2 Å². The van der Waals surface area contributed by atoms with Gasteiger partial charge in [-0.2, -0.15) is 0 Å². The first kappa shape index (κ1) is 15.3. The number of unbranched alkanes of at least 4 members (excludes halogenated alkanes) is 1. The van der Waals surface area contributed by atoms with E-state index in [4.69, 9.17) is 24.4 Å². The average Bonchev–Trinajstić information content (AvgIpc) is 2.39. The minimum atomic E-state index is 0.336. The molecule has 2 rings (SSSR count). The first-order chi connectivity index (χ1) is 9.56. The molecule has 0 aromatic heterocycles. The minimum absolute atomic E-state index is 0.336. The summed E-state index contributed by atoms with van der Waals surface area (Å²) < 4.78 is 0. The number of thiocarbonyl (C=S) groups is 2. The fourth-order valence-corrected chi connectivity index (χ4v) is 2.85. The highest BCUT2D eigenvalue weighted by Gasteiger charge is 2.15. The monoisotopic (exact) mass is 310 g/mol. The predicted octanol–water partition coefficient (Wildman–Crippen LogP) is 1.95. The highest BCUT2D eigenvalue weighted by atomic mass is 32.1. The normalized spacial score (nSPS) is 25.7. The molecule has 0 saturated carbocycles. The van der Waals surface area contributed by atoms with Gasteiger partial charge in [-0.05, 0) is 63.3 Å². The molecule has 2 heterocycles. The Morgan fingerprint density at radius 3 is 1.65 bits per heavy atom. The van der Waals surface area contributed by atoms with Crippen LogP contribution in [0.5, 0.6) is 0 Å². The molecule has 4 nitrogen and oxygen atoms in total. The molecule has 2 unspecified atom stereocenters. The van der Waals surface area contributed by atoms with Crippen molar-refractivity contribution in [3.05, 3.63) is 24.6 Å². The summed E-state index contributed by atoms with van der Waals surface area (Å²) >= 11 is 10.6. The quantitative estimate of drug-likeness (QED) is 0.596. The van der Waals surface area contributed by atoms with Crippen LogP contribution in [0.25, 0.3) is 0 Å². The molecule has 2 aliphatic heterocycles. The van der Waals surface area contributed by atoms with E-state index in [1.807, 2.05) is 0 Å². The van der Waals surface area contributed by atoms with E-state index in [-0.39, 0.29) is 0 Å². The van der Waals surface area contributed by atoms with Crippen LogP contribution in [0.3, 0.4) is 0 Å². The Balaban J connectivity index is 1.69. The molecule has 0 spiro atoms. The fraction of sp³-hybridized carbons (Fsp3) is 0.571. The van der Waals surface area contributed by atoms with E-state index in [1.54, 1.807) is 0 Å². The van der Waals surface area contributed by atoms with Gasteiger partial charge in [0.2, 0.25) is 0 Å². The summed E-state index contributed by atoms with van der Waals surface area (Å²) in [5.41, 5.74) is 0. The molecule has 0 bridgehead atoms. The van der Waals surface area contributed by atoms with E-state index >= 15 is 0 Å². The largest absolute Gasteiger partial charge is 0.356 e. The number of nitrogens with one attached hydrogen (secondary N) is 2. The Bertz CT molecular complexity index is 393. The molecule has 0 fully saturated rings. The molecule has 0 aromatic carbocycles. The second kappa shape index (κ2) is 7.04. The topological polar surface area (TPSA) is 30.5 Å². The van der Waals surface area contributed by atoms with Crippen molar-refractivity contribution < 1.29 is 0 Å². The van der Waals surface area contributed by atoms with Crippen molar-refractivity contribution in [3.8, 4) is 0 Å². The van der Waals surface area contributed by atoms with Crippen molar-refractivity contribution in [2.45, 2.75) is 38.8 Å². The zero-order valence-electron chi connectivity index (χ0n) is 12.0. The lowest BCUT2D eigenvalue weighted by molar-refractivity contribution is 0.444. The van der Waals surface area contributed by atoms with Gasteiger partial charge in [-0.3, -0.25) is 0 Å². The number of hydrogen-bond donors (Lipinski definition) is 2. The van der Waals surface area contributed by atoms with Crippen molar-refractivity contribution >= 4 is 34.7 Å². The van der Waals surface area contributed by atoms with Crippen molar-refractivity contribution in [2.24, 2.45) is 0 Å². The third-order valence-corrected chi connectivity index (χ3v) is 4.09. The summed E-state index contributed by atoms with van der Waals surface area (Å²) in [6.45, 7) is 6.09. The van der Waals surface area contributed by atoms with Crippen molar-refractivity contribution in [1.82, 2.24) is 20.4 Å². The molecule has 2 atom stereocenters. The van der Waals surface area contributed by atoms with Crippen molar-refractivity contribution in [3.63, 3.8) is 0 Å². The SMILES string of the molecule is CC1C=CN(CCCCN2C=CC(C)NC2=S)C(=S)N1. The molecule has 0 amide bonds. The van der Waals surface area contributed by atoms with Crippen LogP contribution in [0.2, 0.25) is 0 Å². The summed E-state index contributed by atoms with van der Waals surface area (Å²) in [4.78, 5) is 4.19. The maximum Gasteiger partial charge on any atom is 0.173 e. The van der Waals surface area contributed by atoms with Gasteiger partial charge in [-0.15, -0.1) is 0 Å². The maximum absolute atomic E-state index is 5.32. The van der Waals surface area contributed by atoms with Gasteiger partial charge >= 0.3 is 0 Å². The molecule has 0 saturated heterocycles. The molecule has 2 N–H and O–H groups in total. The number of nitrogens with zero attached hydrogens (tertiary/aromatic N) is 2. The number of rotatable bonds is 5. The molecular weight excluding hydrogens is 288 g/mol. The molecule has 20 heavy (non-hydrogen) atoms. The minimum Gasteiger partial charge on any atom is -0.356 e. The fourth-order valence-electron chi connectivity index (χ4n) is 2.17. The van der Waals surface area contributed by atoms with E-state index in [9.17, 15) is 0 Å². The molecule has 0 aliphatic carbocycles. The Labute approximate surface area is 131 Å². The summed E-state index contributed by atoms with van der Waals surface area (Å²) in [6, 6.07) is 0.672. The van der Waals surface area contributed by atoms with Gasteiger partial charge in [0.05, 0.1) is 0 Å². The second-order valence-corrected chi connectivity index (χ2v) is 6.03. The second-order valence-electron chi connectivity index (χ2n) is 5.25. The van der Waals surface area contributed by atoms with Crippen LogP contribution in [0.15, 0.2) is 24.6 Å². The van der Waals surface area contributed by atoms with Crippen LogP contribution in [-0.2, 0) is 0 Å². The molecular formula is C14H22N4S2. The van der Waals surface area contributed by atoms with E-state index in [1.165, 1.54) is 0 Å². The lowest BCUT2D eigenvalue weighted by Crippen LogP contribution is -2.45. The van der Waals surface area contributed by atoms with Gasteiger partial charge in [0.25, 0.3) is 0 Å². The summed E-state index contributed by atoms with van der Waals surface area (Å²) in [5.74, 6) is 0. The summed E-state index contributed by atoms with van der Waals surface area (Å²) in [7, 11) is 0. The van der Waals surface area contributed by atoms with Crippen LogP contribution < -0.4 is 10.6 Å². The summed E-state index contributed by atoms with van der Waals surface area (Å²) in [6.07, 6.45) is 10.6. The van der Waals surface area contributed by atoms with Crippen LogP contribution in [0.4, 0.5) is 0 Å². The van der Waals surface area contributed by atoms with Gasteiger partial charge < -0.3 is 20.4 Å². The zero-order valence-corrected chi connectivity index (χ0v) is 13.6. The lowest BCUT2D eigenvalue weighted by Gasteiger charge is -2.30. The van der Waals surface area contributed by atoms with Crippen molar-refractivity contribution in [2.75, 3.05) is 13.1 Å². The zero-order chi connectivity index (χ0) is 14.5. The Kier molecular flexibility index (Phi) is 5.37. The number of hydrogen-bond acceptors (Lipinski definition) is 2. The van der Waals surface area contributed by atoms with Crippen LogP contribution in [0.1, 0.15) is 26.7 Å². The van der Waals surface area contributed by atoms with Crippen LogP contribution >= 0.6 is 24.4 Å². The molecule has 110 valence electrons. The molecule has 6 heteroatoms. The molecule has 2 aliphatic rings. The third-order valence-electron chi connectivity index (χ3n) is 3.38. The summed E-state index contributed by atoms with van der Waals surface area (Å²) in [5, 5.41) is 8.15.